The van der Waals surface area contributed by atoms with E-state index in [9.17, 15) is 4.79 Å². The second-order valence-corrected chi connectivity index (χ2v) is 6.14. The van der Waals surface area contributed by atoms with Crippen molar-refractivity contribution in [2.24, 2.45) is 0 Å². The molecule has 2 aromatic carbocycles. The molecule has 0 heterocycles. The molecule has 0 amide bonds. The zero-order valence-corrected chi connectivity index (χ0v) is 14.9. The number of nitrogens with zero attached hydrogens (tertiary/aromatic N) is 1. The molecule has 1 unspecified atom stereocenters. The van der Waals surface area contributed by atoms with E-state index in [2.05, 4.69) is 20.8 Å². The van der Waals surface area contributed by atoms with Gasteiger partial charge in [-0.25, -0.2) is 4.79 Å². The lowest BCUT2D eigenvalue weighted by molar-refractivity contribution is -0.926. The van der Waals surface area contributed by atoms with Gasteiger partial charge in [-0.05, 0) is 38.5 Å². The van der Waals surface area contributed by atoms with E-state index in [1.165, 1.54) is 0 Å². The maximum absolute atomic E-state index is 12.6. The first-order chi connectivity index (χ1) is 11.6. The van der Waals surface area contributed by atoms with E-state index in [-0.39, 0.29) is 12.1 Å². The first-order valence-corrected chi connectivity index (χ1v) is 8.80. The summed E-state index contributed by atoms with van der Waals surface area (Å²) < 4.78 is 6.86. The Bertz CT molecular complexity index is 613. The van der Waals surface area contributed by atoms with Gasteiger partial charge in [-0.2, -0.15) is 0 Å². The quantitative estimate of drug-likeness (QED) is 0.529. The number of hydrogen-bond donors (Lipinski definition) is 0. The molecular weight excluding hydrogens is 298 g/mol. The summed E-state index contributed by atoms with van der Waals surface area (Å²) in [6.07, 6.45) is -0.237. The lowest BCUT2D eigenvalue weighted by Crippen LogP contribution is -2.50. The van der Waals surface area contributed by atoms with E-state index in [1.807, 2.05) is 48.5 Å². The molecular formula is C21H28NO2+. The first kappa shape index (κ1) is 18.2. The molecule has 24 heavy (non-hydrogen) atoms. The van der Waals surface area contributed by atoms with Crippen LogP contribution in [0.4, 0.5) is 0 Å². The number of ether oxygens (including phenoxy) is 1. The summed E-state index contributed by atoms with van der Waals surface area (Å²) in [6, 6.07) is 19.3. The van der Waals surface area contributed by atoms with Gasteiger partial charge in [0.1, 0.15) is 6.54 Å². The van der Waals surface area contributed by atoms with Gasteiger partial charge >= 0.3 is 5.97 Å². The highest BCUT2D eigenvalue weighted by molar-refractivity contribution is 5.89. The van der Waals surface area contributed by atoms with Gasteiger partial charge in [0.25, 0.3) is 0 Å². The van der Waals surface area contributed by atoms with Gasteiger partial charge in [-0.1, -0.05) is 48.5 Å². The van der Waals surface area contributed by atoms with Crippen molar-refractivity contribution in [1.82, 2.24) is 0 Å². The lowest BCUT2D eigenvalue weighted by atomic mass is 10.1. The van der Waals surface area contributed by atoms with Crippen LogP contribution in [0.15, 0.2) is 60.7 Å². The number of hydrogen-bond acceptors (Lipinski definition) is 2. The highest BCUT2D eigenvalue weighted by atomic mass is 16.5. The largest absolute Gasteiger partial charge is 0.448 e. The van der Waals surface area contributed by atoms with E-state index in [0.717, 1.165) is 36.2 Å². The summed E-state index contributed by atoms with van der Waals surface area (Å²) in [5, 5.41) is 0. The zero-order chi connectivity index (χ0) is 17.4. The number of quaternary nitrogens is 1. The maximum Gasteiger partial charge on any atom is 0.338 e. The van der Waals surface area contributed by atoms with Crippen molar-refractivity contribution in [1.29, 1.82) is 0 Å². The Balaban J connectivity index is 2.25. The van der Waals surface area contributed by atoms with Gasteiger partial charge in [0.05, 0.1) is 25.2 Å². The van der Waals surface area contributed by atoms with Crippen molar-refractivity contribution < 1.29 is 14.0 Å². The van der Waals surface area contributed by atoms with Crippen LogP contribution in [-0.4, -0.2) is 36.6 Å². The summed E-state index contributed by atoms with van der Waals surface area (Å²) in [5.41, 5.74) is 1.65. The lowest BCUT2D eigenvalue weighted by Gasteiger charge is -2.38. The van der Waals surface area contributed by atoms with Gasteiger partial charge < -0.3 is 9.22 Å². The molecule has 0 fully saturated rings. The van der Waals surface area contributed by atoms with Crippen molar-refractivity contribution in [3.05, 3.63) is 71.8 Å². The molecule has 0 bridgehead atoms. The Hall–Kier alpha value is -2.13. The molecule has 0 aromatic heterocycles. The smallest absolute Gasteiger partial charge is 0.338 e. The van der Waals surface area contributed by atoms with Crippen LogP contribution in [0.5, 0.6) is 0 Å². The highest BCUT2D eigenvalue weighted by Gasteiger charge is 2.30. The second kappa shape index (κ2) is 8.65. The van der Waals surface area contributed by atoms with Crippen LogP contribution < -0.4 is 0 Å². The third-order valence-corrected chi connectivity index (χ3v) is 5.00. The summed E-state index contributed by atoms with van der Waals surface area (Å²) in [7, 11) is 0. The molecule has 0 saturated heterocycles. The normalized spacial score (nSPS) is 12.6. The van der Waals surface area contributed by atoms with E-state index in [0.29, 0.717) is 5.56 Å². The van der Waals surface area contributed by atoms with Crippen LogP contribution in [-0.2, 0) is 4.74 Å². The molecule has 128 valence electrons. The summed E-state index contributed by atoms with van der Waals surface area (Å²) in [6.45, 7) is 10.5. The molecule has 0 aliphatic heterocycles. The molecule has 0 N–H and O–H groups in total. The Morgan fingerprint density at radius 3 is 1.88 bits per heavy atom. The molecule has 1 atom stereocenters. The van der Waals surface area contributed by atoms with Gasteiger partial charge in [-0.15, -0.1) is 0 Å². The number of rotatable bonds is 8. The maximum atomic E-state index is 12.6. The minimum absolute atomic E-state index is 0.237. The van der Waals surface area contributed by atoms with E-state index >= 15 is 0 Å². The predicted molar refractivity (Wildman–Crippen MR) is 97.8 cm³/mol. The Morgan fingerprint density at radius 2 is 1.38 bits per heavy atom. The third kappa shape index (κ3) is 4.45. The van der Waals surface area contributed by atoms with Gasteiger partial charge in [0.15, 0.2) is 6.10 Å². The molecule has 0 spiro atoms. The fourth-order valence-corrected chi connectivity index (χ4v) is 3.06. The standard InChI is InChI=1S/C21H28NO2/c1-4-22(5-2,6-3)17-20(18-13-9-7-10-14-18)24-21(23)19-15-11-8-12-16-19/h7-16,20H,4-6,17H2,1-3H3/q+1. The molecule has 2 rings (SSSR count). The average molecular weight is 326 g/mol. The van der Waals surface area contributed by atoms with E-state index < -0.39 is 0 Å². The highest BCUT2D eigenvalue weighted by Crippen LogP contribution is 2.24. The van der Waals surface area contributed by atoms with E-state index in [1.54, 1.807) is 12.1 Å². The van der Waals surface area contributed by atoms with Crippen LogP contribution in [0.1, 0.15) is 42.8 Å². The Morgan fingerprint density at radius 1 is 0.875 bits per heavy atom. The molecule has 0 saturated carbocycles. The molecule has 3 heteroatoms. The van der Waals surface area contributed by atoms with Crippen molar-refractivity contribution in [3.8, 4) is 0 Å². The zero-order valence-electron chi connectivity index (χ0n) is 14.9. The van der Waals surface area contributed by atoms with Crippen molar-refractivity contribution >= 4 is 5.97 Å². The molecule has 0 radical (unpaired) electrons. The molecule has 0 aliphatic carbocycles. The summed E-state index contributed by atoms with van der Waals surface area (Å²) >= 11 is 0. The van der Waals surface area contributed by atoms with Crippen molar-refractivity contribution in [2.75, 3.05) is 26.2 Å². The number of carbonyl (C=O) groups is 1. The SMILES string of the molecule is CC[N+](CC)(CC)CC(OC(=O)c1ccccc1)c1ccccc1. The fraction of sp³-hybridized carbons (Fsp3) is 0.381. The average Bonchev–Trinajstić information content (AvgIpc) is 2.66. The van der Waals surface area contributed by atoms with Crippen LogP contribution in [0.2, 0.25) is 0 Å². The van der Waals surface area contributed by atoms with Gasteiger partial charge in [0, 0.05) is 0 Å². The Labute approximate surface area is 145 Å². The minimum atomic E-state index is -0.258. The second-order valence-electron chi connectivity index (χ2n) is 6.14. The fourth-order valence-electron chi connectivity index (χ4n) is 3.06. The first-order valence-electron chi connectivity index (χ1n) is 8.80. The van der Waals surface area contributed by atoms with Crippen LogP contribution in [0.3, 0.4) is 0 Å². The predicted octanol–water partition coefficient (Wildman–Crippen LogP) is 4.46. The number of carbonyl (C=O) groups excluding carboxylic acids is 1. The molecule has 0 aliphatic rings. The monoisotopic (exact) mass is 326 g/mol. The van der Waals surface area contributed by atoms with Crippen LogP contribution in [0.25, 0.3) is 0 Å². The van der Waals surface area contributed by atoms with Crippen molar-refractivity contribution in [2.45, 2.75) is 26.9 Å². The van der Waals surface area contributed by atoms with Gasteiger partial charge in [-0.3, -0.25) is 0 Å². The number of likely N-dealkylation sites (N-methyl/N-ethyl adjacent to an activating group) is 1. The Kier molecular flexibility index (Phi) is 6.56. The number of esters is 1. The topological polar surface area (TPSA) is 26.3 Å². The van der Waals surface area contributed by atoms with E-state index in [4.69, 9.17) is 4.74 Å². The summed E-state index contributed by atoms with van der Waals surface area (Å²) in [5.74, 6) is -0.258. The van der Waals surface area contributed by atoms with Gasteiger partial charge in [0.2, 0.25) is 0 Å². The molecule has 3 nitrogen and oxygen atoms in total. The molecule has 2 aromatic rings. The van der Waals surface area contributed by atoms with Crippen molar-refractivity contribution in [3.63, 3.8) is 0 Å². The number of benzene rings is 2. The third-order valence-electron chi connectivity index (χ3n) is 5.00. The van der Waals surface area contributed by atoms with Crippen LogP contribution >= 0.6 is 0 Å². The van der Waals surface area contributed by atoms with Crippen LogP contribution in [0, 0.1) is 0 Å². The summed E-state index contributed by atoms with van der Waals surface area (Å²) in [4.78, 5) is 12.6. The minimum Gasteiger partial charge on any atom is -0.448 e.